The molecule has 0 radical (unpaired) electrons. The number of benzene rings is 1. The van der Waals surface area contributed by atoms with E-state index in [2.05, 4.69) is 5.32 Å². The summed E-state index contributed by atoms with van der Waals surface area (Å²) in [6.07, 6.45) is 2.32. The van der Waals surface area contributed by atoms with Crippen LogP contribution in [-0.4, -0.2) is 11.0 Å². The number of rotatable bonds is 4. The topological polar surface area (TPSA) is 55.2 Å². The van der Waals surface area contributed by atoms with Crippen molar-refractivity contribution in [3.8, 4) is 0 Å². The zero-order valence-corrected chi connectivity index (χ0v) is 8.07. The molecule has 0 aliphatic heterocycles. The average molecular weight is 210 g/mol. The normalized spacial score (nSPS) is 15.3. The van der Waals surface area contributed by atoms with Gasteiger partial charge in [0.1, 0.15) is 0 Å². The number of halogens is 1. The molecule has 0 aromatic heterocycles. The molecule has 1 aliphatic rings. The summed E-state index contributed by atoms with van der Waals surface area (Å²) >= 11 is 0. The summed E-state index contributed by atoms with van der Waals surface area (Å²) in [5.74, 6) is -0.768. The maximum absolute atomic E-state index is 13.2. The fraction of sp³-hybridized carbons (Fsp3) is 0.400. The van der Waals surface area contributed by atoms with Crippen molar-refractivity contribution in [2.75, 3.05) is 0 Å². The fourth-order valence-corrected chi connectivity index (χ4v) is 1.36. The lowest BCUT2D eigenvalue weighted by Crippen LogP contribution is -2.15. The molecule has 0 saturated heterocycles. The highest BCUT2D eigenvalue weighted by molar-refractivity contribution is 5.34. The Morgan fingerprint density at radius 2 is 2.27 bits per heavy atom. The standard InChI is InChI=1S/C10H11FN2O2/c11-9-5-7(6-12-8-2-3-8)1-4-10(9)13(14)15/h1,4-5,8,12H,2-3,6H2. The van der Waals surface area contributed by atoms with E-state index >= 15 is 0 Å². The SMILES string of the molecule is O=[N+]([O-])c1ccc(CNC2CC2)cc1F. The number of hydrogen-bond donors (Lipinski definition) is 1. The van der Waals surface area contributed by atoms with E-state index < -0.39 is 16.4 Å². The Labute approximate surface area is 86.3 Å². The smallest absolute Gasteiger partial charge is 0.304 e. The molecule has 0 bridgehead atoms. The van der Waals surface area contributed by atoms with Gasteiger partial charge in [-0.1, -0.05) is 6.07 Å². The molecule has 0 atom stereocenters. The van der Waals surface area contributed by atoms with Gasteiger partial charge in [0.05, 0.1) is 4.92 Å². The van der Waals surface area contributed by atoms with E-state index in [1.54, 1.807) is 6.07 Å². The predicted octanol–water partition coefficient (Wildman–Crippen LogP) is 1.99. The van der Waals surface area contributed by atoms with E-state index in [-0.39, 0.29) is 0 Å². The number of nitrogens with zero attached hydrogens (tertiary/aromatic N) is 1. The molecule has 15 heavy (non-hydrogen) atoms. The fourth-order valence-electron chi connectivity index (χ4n) is 1.36. The Bertz CT molecular complexity index is 391. The molecule has 1 N–H and O–H groups in total. The largest absolute Gasteiger partial charge is 0.310 e. The van der Waals surface area contributed by atoms with Crippen molar-refractivity contribution in [1.29, 1.82) is 0 Å². The first-order valence-corrected chi connectivity index (χ1v) is 4.83. The maximum atomic E-state index is 13.2. The van der Waals surface area contributed by atoms with Crippen LogP contribution in [0, 0.1) is 15.9 Å². The van der Waals surface area contributed by atoms with Crippen molar-refractivity contribution >= 4 is 5.69 Å². The molecule has 1 aromatic carbocycles. The highest BCUT2D eigenvalue weighted by atomic mass is 19.1. The molecule has 0 spiro atoms. The van der Waals surface area contributed by atoms with Gasteiger partial charge in [-0.05, 0) is 24.5 Å². The summed E-state index contributed by atoms with van der Waals surface area (Å²) < 4.78 is 13.2. The Morgan fingerprint density at radius 1 is 1.53 bits per heavy atom. The first kappa shape index (κ1) is 10.0. The second-order valence-corrected chi connectivity index (χ2v) is 3.70. The molecule has 1 aliphatic carbocycles. The van der Waals surface area contributed by atoms with Gasteiger partial charge in [-0.3, -0.25) is 10.1 Å². The van der Waals surface area contributed by atoms with Crippen LogP contribution in [0.4, 0.5) is 10.1 Å². The van der Waals surface area contributed by atoms with Crippen LogP contribution in [0.25, 0.3) is 0 Å². The van der Waals surface area contributed by atoms with Crippen molar-refractivity contribution < 1.29 is 9.31 Å². The monoisotopic (exact) mass is 210 g/mol. The van der Waals surface area contributed by atoms with Crippen LogP contribution >= 0.6 is 0 Å². The molecule has 0 amide bonds. The average Bonchev–Trinajstić information content (AvgIpc) is 2.97. The molecule has 1 aromatic rings. The molecule has 0 heterocycles. The molecule has 4 nitrogen and oxygen atoms in total. The zero-order valence-electron chi connectivity index (χ0n) is 8.07. The van der Waals surface area contributed by atoms with Gasteiger partial charge in [-0.25, -0.2) is 0 Å². The van der Waals surface area contributed by atoms with E-state index in [1.165, 1.54) is 12.1 Å². The molecular formula is C10H11FN2O2. The predicted molar refractivity (Wildman–Crippen MR) is 52.9 cm³/mol. The van der Waals surface area contributed by atoms with Crippen LogP contribution < -0.4 is 5.32 Å². The third-order valence-corrected chi connectivity index (χ3v) is 2.38. The molecule has 2 rings (SSSR count). The summed E-state index contributed by atoms with van der Waals surface area (Å²) in [5.41, 5.74) is 0.273. The third-order valence-electron chi connectivity index (χ3n) is 2.38. The Hall–Kier alpha value is -1.49. The van der Waals surface area contributed by atoms with E-state index in [4.69, 9.17) is 0 Å². The van der Waals surface area contributed by atoms with E-state index in [0.717, 1.165) is 18.4 Å². The van der Waals surface area contributed by atoms with E-state index in [0.29, 0.717) is 12.6 Å². The number of nitro groups is 1. The number of hydrogen-bond acceptors (Lipinski definition) is 3. The molecule has 0 unspecified atom stereocenters. The van der Waals surface area contributed by atoms with Crippen LogP contribution in [0.1, 0.15) is 18.4 Å². The van der Waals surface area contributed by atoms with Crippen molar-refractivity contribution in [1.82, 2.24) is 5.32 Å². The summed E-state index contributed by atoms with van der Waals surface area (Å²) in [5, 5.41) is 13.6. The lowest BCUT2D eigenvalue weighted by Gasteiger charge is -2.02. The second kappa shape index (κ2) is 3.94. The van der Waals surface area contributed by atoms with Gasteiger partial charge in [-0.15, -0.1) is 0 Å². The Morgan fingerprint density at radius 3 is 2.80 bits per heavy atom. The van der Waals surface area contributed by atoms with Crippen molar-refractivity contribution in [2.24, 2.45) is 0 Å². The highest BCUT2D eigenvalue weighted by Crippen LogP contribution is 2.21. The Balaban J connectivity index is 2.06. The van der Waals surface area contributed by atoms with E-state index in [9.17, 15) is 14.5 Å². The summed E-state index contributed by atoms with van der Waals surface area (Å²) in [6.45, 7) is 0.569. The van der Waals surface area contributed by atoms with Crippen molar-refractivity contribution in [3.63, 3.8) is 0 Å². The Kier molecular flexibility index (Phi) is 2.64. The molecule has 80 valence electrons. The summed E-state index contributed by atoms with van der Waals surface area (Å²) in [7, 11) is 0. The molecule has 1 fully saturated rings. The minimum Gasteiger partial charge on any atom is -0.310 e. The van der Waals surface area contributed by atoms with Gasteiger partial charge in [0.25, 0.3) is 0 Å². The van der Waals surface area contributed by atoms with Crippen LogP contribution in [0.3, 0.4) is 0 Å². The lowest BCUT2D eigenvalue weighted by atomic mass is 10.2. The van der Waals surface area contributed by atoms with Crippen LogP contribution in [0.2, 0.25) is 0 Å². The van der Waals surface area contributed by atoms with Crippen molar-refractivity contribution in [2.45, 2.75) is 25.4 Å². The van der Waals surface area contributed by atoms with Gasteiger partial charge in [0.15, 0.2) is 0 Å². The quantitative estimate of drug-likeness (QED) is 0.610. The number of nitrogens with one attached hydrogen (secondary N) is 1. The lowest BCUT2D eigenvalue weighted by molar-refractivity contribution is -0.387. The van der Waals surface area contributed by atoms with Gasteiger partial charge < -0.3 is 5.32 Å². The molecular weight excluding hydrogens is 199 g/mol. The zero-order chi connectivity index (χ0) is 10.8. The van der Waals surface area contributed by atoms with Gasteiger partial charge in [0.2, 0.25) is 5.82 Å². The van der Waals surface area contributed by atoms with Crippen molar-refractivity contribution in [3.05, 3.63) is 39.7 Å². The van der Waals surface area contributed by atoms with Gasteiger partial charge in [-0.2, -0.15) is 4.39 Å². The van der Waals surface area contributed by atoms with E-state index in [1.807, 2.05) is 0 Å². The second-order valence-electron chi connectivity index (χ2n) is 3.70. The minimum absolute atomic E-state index is 0.467. The van der Waals surface area contributed by atoms with Crippen LogP contribution in [0.5, 0.6) is 0 Å². The molecule has 1 saturated carbocycles. The first-order valence-electron chi connectivity index (χ1n) is 4.83. The first-order chi connectivity index (χ1) is 7.16. The third kappa shape index (κ3) is 2.50. The van der Waals surface area contributed by atoms with Gasteiger partial charge in [0, 0.05) is 18.7 Å². The highest BCUT2D eigenvalue weighted by Gasteiger charge is 2.20. The minimum atomic E-state index is -0.768. The van der Waals surface area contributed by atoms with Gasteiger partial charge >= 0.3 is 5.69 Å². The summed E-state index contributed by atoms with van der Waals surface area (Å²) in [4.78, 5) is 9.64. The van der Waals surface area contributed by atoms with Crippen LogP contribution in [-0.2, 0) is 6.54 Å². The summed E-state index contributed by atoms with van der Waals surface area (Å²) in [6, 6.07) is 4.55. The maximum Gasteiger partial charge on any atom is 0.304 e. The molecule has 5 heteroatoms. The van der Waals surface area contributed by atoms with Crippen LogP contribution in [0.15, 0.2) is 18.2 Å². The number of nitro benzene ring substituents is 1.